The summed E-state index contributed by atoms with van der Waals surface area (Å²) in [5.74, 6) is 8.59. The first kappa shape index (κ1) is 96.5. The lowest BCUT2D eigenvalue weighted by Crippen LogP contribution is -2.53. The van der Waals surface area contributed by atoms with Gasteiger partial charge in [-0.25, -0.2) is 29.9 Å². The van der Waals surface area contributed by atoms with Gasteiger partial charge in [-0.2, -0.15) is 5.26 Å². The Balaban J connectivity index is 0.000000136. The summed E-state index contributed by atoms with van der Waals surface area (Å²) in [6, 6.07) is 58.6. The highest BCUT2D eigenvalue weighted by Gasteiger charge is 2.53. The summed E-state index contributed by atoms with van der Waals surface area (Å²) in [5, 5.41) is 31.8. The van der Waals surface area contributed by atoms with Crippen molar-refractivity contribution in [2.24, 2.45) is 22.5 Å². The molecule has 714 valence electrons. The van der Waals surface area contributed by atoms with Gasteiger partial charge in [-0.05, 0) is 301 Å². The van der Waals surface area contributed by atoms with Gasteiger partial charge in [0, 0.05) is 95.3 Å². The molecule has 32 nitrogen and oxygen atoms in total. The van der Waals surface area contributed by atoms with Gasteiger partial charge in [-0.15, -0.1) is 24.8 Å². The highest BCUT2D eigenvalue weighted by Crippen LogP contribution is 2.58. The number of oxime groups is 1. The Bertz CT molecular complexity index is 6000. The summed E-state index contributed by atoms with van der Waals surface area (Å²) >= 11 is 0. The Morgan fingerprint density at radius 2 is 0.652 bits per heavy atom. The van der Waals surface area contributed by atoms with Crippen LogP contribution in [0.5, 0.6) is 46.0 Å². The molecule has 12 aliphatic heterocycles. The second kappa shape index (κ2) is 38.7. The molecule has 8 fully saturated rings. The van der Waals surface area contributed by atoms with Gasteiger partial charge >= 0.3 is 30.1 Å². The van der Waals surface area contributed by atoms with Crippen molar-refractivity contribution >= 4 is 106 Å². The third kappa shape index (κ3) is 20.1. The molecule has 8 bridgehead atoms. The van der Waals surface area contributed by atoms with Crippen molar-refractivity contribution < 1.29 is 76.8 Å². The summed E-state index contributed by atoms with van der Waals surface area (Å²) in [6.45, 7) is 22.9. The number of rotatable bonds is 7. The Labute approximate surface area is 797 Å². The van der Waals surface area contributed by atoms with Crippen LogP contribution >= 0.6 is 24.8 Å². The molecule has 9 aromatic rings. The van der Waals surface area contributed by atoms with Gasteiger partial charge in [0.1, 0.15) is 22.4 Å². The molecular weight excluding hydrogens is 1770 g/mol. The number of halogens is 2. The van der Waals surface area contributed by atoms with Gasteiger partial charge in [-0.1, -0.05) is 58.8 Å². The smallest absolute Gasteiger partial charge is 0.439 e. The summed E-state index contributed by atoms with van der Waals surface area (Å²) < 4.78 is 52.3. The number of H-pyrrole nitrogens is 1. The van der Waals surface area contributed by atoms with Gasteiger partial charge in [-0.3, -0.25) is 14.3 Å². The fourth-order valence-electron chi connectivity index (χ4n) is 21.5. The maximum atomic E-state index is 13.0. The number of fused-ring (bicyclic) bond motifs is 16. The Hall–Kier alpha value is -13.1. The number of ether oxygens (including phenoxy) is 8. The summed E-state index contributed by atoms with van der Waals surface area (Å²) in [7, 11) is 0. The van der Waals surface area contributed by atoms with Crippen molar-refractivity contribution in [3.05, 3.63) is 197 Å². The van der Waals surface area contributed by atoms with Crippen LogP contribution in [-0.2, 0) is 18.9 Å². The first-order valence-electron chi connectivity index (χ1n) is 45.9. The van der Waals surface area contributed by atoms with Gasteiger partial charge in [0.2, 0.25) is 5.91 Å². The van der Waals surface area contributed by atoms with E-state index in [4.69, 9.17) is 59.8 Å². The summed E-state index contributed by atoms with van der Waals surface area (Å²) in [4.78, 5) is 94.6. The molecule has 8 aromatic carbocycles. The number of amides is 5. The molecule has 0 saturated carbocycles. The van der Waals surface area contributed by atoms with Crippen molar-refractivity contribution in [2.75, 3.05) is 19.6 Å². The van der Waals surface area contributed by atoms with E-state index in [1.807, 2.05) is 230 Å². The molecule has 9 N–H and O–H groups in total. The number of piperidine rings is 4. The summed E-state index contributed by atoms with van der Waals surface area (Å²) in [5.41, 5.74) is 19.4. The topological polar surface area (TPSA) is 399 Å². The average Bonchev–Trinajstić information content (AvgIpc) is 0.878. The lowest BCUT2D eigenvalue weighted by atomic mass is 9.94. The zero-order valence-electron chi connectivity index (χ0n) is 77.9. The highest BCUT2D eigenvalue weighted by atomic mass is 35.5. The van der Waals surface area contributed by atoms with Crippen LogP contribution in [0.25, 0.3) is 11.4 Å². The average molecular weight is 1890 g/mol. The highest BCUT2D eigenvalue weighted by molar-refractivity contribution is 5.99. The number of carbonyl (C=O) groups excluding carboxylic acids is 5. The number of aromatic nitrogens is 2. The molecule has 1 aromatic heterocycles. The fourth-order valence-corrected chi connectivity index (χ4v) is 21.5. The van der Waals surface area contributed by atoms with Crippen molar-refractivity contribution in [3.63, 3.8) is 0 Å². The monoisotopic (exact) mass is 1880 g/mol. The zero-order valence-corrected chi connectivity index (χ0v) is 79.5. The Morgan fingerprint density at radius 1 is 0.385 bits per heavy atom. The van der Waals surface area contributed by atoms with E-state index in [0.29, 0.717) is 51.1 Å². The molecule has 0 aliphatic carbocycles. The van der Waals surface area contributed by atoms with Crippen molar-refractivity contribution in [3.8, 4) is 63.5 Å². The molecule has 5 amide bonds. The minimum absolute atomic E-state index is 0. The second-order valence-corrected chi connectivity index (χ2v) is 40.0. The molecule has 0 spiro atoms. The van der Waals surface area contributed by atoms with E-state index in [1.165, 1.54) is 0 Å². The Kier molecular flexibility index (Phi) is 27.7. The van der Waals surface area contributed by atoms with E-state index in [0.717, 1.165) is 171 Å². The standard InChI is InChI=1S/C26H28N4O5.C25H30N4O4.C25H29N3O4.C25H27N3O3.2ClH.H3NO/c1-26(2,3)34-25(32)29-16-9-10-17(29)14-18(13-16)30-19-6-4-5-7-21(19)33-22-12-15(8-11-20(22)30)23-27-24(31)35-28-23;1-25(2,3)33-24(30)28-16-9-10-17(28)14-18(13-16)29-19-6-4-5-7-21(19)32-22-12-15(23(26)27-31)8-11-20(22)29;1-25(2,3)32-24(30)27-16-9-10-17(27)14-18(13-16)28-19-6-4-5-7-21(19)31-22-12-15(23(26)29)8-11-20(22)28;1-25(2,3)31-24(29)27-17-9-10-18(27)14-19(13-17)28-20-6-4-5-7-22(20)30-23-12-16(15-26)8-11-21(23)28;;;1-2/h4-8,11-12,16-18H,9-10,13-14H2,1-3H3,(H,27,28,31);4-8,11-12,16-18,31H,9-10,13-14H2,1-3H3,(H2,26,27);4-8,11-12,16-18H,9-10,13-14H2,1-3H3,(H2,26,29);4-8,11-12,17-19H,9-10,13-14H2,1-3H3;2*1H;2H,1H2/t3*16-,17+,18?;17-,18+,19?;;;. The van der Waals surface area contributed by atoms with Crippen LogP contribution in [0.4, 0.5) is 64.7 Å². The van der Waals surface area contributed by atoms with E-state index in [1.54, 1.807) is 18.2 Å². The predicted molar refractivity (Wildman–Crippen MR) is 514 cm³/mol. The van der Waals surface area contributed by atoms with Crippen LogP contribution in [0.2, 0.25) is 0 Å². The van der Waals surface area contributed by atoms with E-state index in [9.17, 15) is 34.0 Å². The van der Waals surface area contributed by atoms with Crippen LogP contribution in [0.3, 0.4) is 0 Å². The fraction of sp³-hybridized carbons (Fsp3) is 0.436. The van der Waals surface area contributed by atoms with Crippen LogP contribution in [-0.4, -0.2) is 171 Å². The first-order chi connectivity index (χ1) is 63.6. The number of hydrogen-bond acceptors (Lipinski definition) is 25. The minimum atomic E-state index is -0.599. The molecule has 8 saturated heterocycles. The number of primary amides is 1. The third-order valence-electron chi connectivity index (χ3n) is 26.5. The quantitative estimate of drug-likeness (QED) is 0.0284. The van der Waals surface area contributed by atoms with E-state index < -0.39 is 34.1 Å². The number of nitriles is 1. The Morgan fingerprint density at radius 3 is 0.933 bits per heavy atom. The number of para-hydroxylation sites is 8. The molecule has 12 atom stereocenters. The van der Waals surface area contributed by atoms with Crippen LogP contribution in [0, 0.1) is 11.3 Å². The van der Waals surface area contributed by atoms with Crippen molar-refractivity contribution in [1.29, 1.82) is 5.26 Å². The predicted octanol–water partition coefficient (Wildman–Crippen LogP) is 21.0. The number of nitrogens with one attached hydrogen (secondary N) is 1. The number of benzene rings is 8. The summed E-state index contributed by atoms with van der Waals surface area (Å²) in [6.07, 6.45) is 14.0. The van der Waals surface area contributed by atoms with Gasteiger partial charge in [0.15, 0.2) is 57.7 Å². The number of nitrogens with zero attached hydrogens (tertiary/aromatic N) is 11. The van der Waals surface area contributed by atoms with Crippen molar-refractivity contribution in [1.82, 2.24) is 29.7 Å². The normalized spacial score (nSPS) is 23.0. The number of nitrogens with two attached hydrogens (primary N) is 3. The second-order valence-electron chi connectivity index (χ2n) is 40.0. The number of anilines is 8. The molecule has 12 aliphatic rings. The molecule has 34 heteroatoms. The molecule has 13 heterocycles. The number of carbonyl (C=O) groups is 5. The van der Waals surface area contributed by atoms with Gasteiger partial charge < -0.3 is 99.0 Å². The molecule has 0 radical (unpaired) electrons. The molecular formula is C101H119Cl2N15O17. The van der Waals surface area contributed by atoms with Gasteiger partial charge in [0.25, 0.3) is 0 Å². The van der Waals surface area contributed by atoms with E-state index >= 15 is 0 Å². The lowest BCUT2D eigenvalue weighted by Gasteiger charge is -2.45. The molecule has 21 rings (SSSR count). The third-order valence-corrected chi connectivity index (χ3v) is 26.5. The van der Waals surface area contributed by atoms with Crippen LogP contribution < -0.4 is 61.7 Å². The lowest BCUT2D eigenvalue weighted by molar-refractivity contribution is 0.00500. The zero-order chi connectivity index (χ0) is 94.0. The molecule has 4 unspecified atom stereocenters. The van der Waals surface area contributed by atoms with Crippen LogP contribution in [0.15, 0.2) is 184 Å². The van der Waals surface area contributed by atoms with Crippen LogP contribution in [0.1, 0.15) is 207 Å². The minimum Gasteiger partial charge on any atom is -0.453 e. The molecule has 135 heavy (non-hydrogen) atoms. The van der Waals surface area contributed by atoms with E-state index in [-0.39, 0.29) is 128 Å². The number of amidine groups is 1. The largest absolute Gasteiger partial charge is 0.453 e. The maximum Gasteiger partial charge on any atom is 0.439 e. The number of aromatic amines is 1. The van der Waals surface area contributed by atoms with E-state index in [2.05, 4.69) is 75.7 Å². The van der Waals surface area contributed by atoms with Crippen molar-refractivity contribution in [2.45, 2.75) is 281 Å². The SMILES string of the molecule is CC(C)(C)OC(=O)N1[C@@H]2CC[C@H]1CC(N1c3ccccc3Oc3cc(-c4noc(=O)[nH]4)ccc31)C2.CC(C)(C)OC(=O)N1[C@@H]2CC[C@H]1CC(N1c3ccccc3Oc3cc(/C(N)=N/O)ccc31)C2.CC(C)(C)OC(=O)N1[C@@H]2CC[C@H]1CC(N1c3ccccc3Oc3cc(C#N)ccc31)C2.CC(C)(C)OC(=O)N1[C@@H]2CC[C@H]1CC(N1c3ccccc3Oc3cc(C(N)=O)ccc31)C2.Cl.Cl.NO. The first-order valence-corrected chi connectivity index (χ1v) is 45.9. The maximum absolute atomic E-state index is 13.0. The van der Waals surface area contributed by atoms with Gasteiger partial charge in [0.05, 0.1) is 57.1 Å². The number of hydrogen-bond donors (Lipinski definition) is 6.